The summed E-state index contributed by atoms with van der Waals surface area (Å²) in [6, 6.07) is 8.68. The quantitative estimate of drug-likeness (QED) is 0.915. The van der Waals surface area contributed by atoms with Gasteiger partial charge >= 0.3 is 0 Å². The van der Waals surface area contributed by atoms with E-state index in [4.69, 9.17) is 0 Å². The first-order chi connectivity index (χ1) is 9.88. The predicted molar refractivity (Wildman–Crippen MR) is 88.5 cm³/mol. The highest BCUT2D eigenvalue weighted by molar-refractivity contribution is 5.81. The molecule has 0 bridgehead atoms. The molecular weight excluding hydrogens is 260 g/mol. The number of carbonyl (C=O) groups is 1. The van der Waals surface area contributed by atoms with Crippen LogP contribution >= 0.6 is 0 Å². The average Bonchev–Trinajstić information content (AvgIpc) is 2.47. The van der Waals surface area contributed by atoms with Crippen molar-refractivity contribution in [2.75, 3.05) is 18.0 Å². The minimum atomic E-state index is -0.345. The van der Waals surface area contributed by atoms with Gasteiger partial charge in [-0.05, 0) is 43.9 Å². The molecule has 3 heteroatoms. The first-order valence-corrected chi connectivity index (χ1v) is 8.04. The monoisotopic (exact) mass is 288 g/mol. The van der Waals surface area contributed by atoms with Gasteiger partial charge in [0.05, 0.1) is 6.04 Å². The molecule has 1 N–H and O–H groups in total. The van der Waals surface area contributed by atoms with Gasteiger partial charge in [0.15, 0.2) is 0 Å². The molecule has 1 aromatic carbocycles. The summed E-state index contributed by atoms with van der Waals surface area (Å²) in [5, 5.41) is 3.08. The fourth-order valence-corrected chi connectivity index (χ4v) is 2.62. The molecule has 1 aliphatic heterocycles. The zero-order valence-corrected chi connectivity index (χ0v) is 13.8. The molecule has 0 aromatic heterocycles. The maximum Gasteiger partial charge on any atom is 0.225 e. The van der Waals surface area contributed by atoms with E-state index in [0.29, 0.717) is 0 Å². The van der Waals surface area contributed by atoms with E-state index in [0.717, 1.165) is 18.7 Å². The zero-order chi connectivity index (χ0) is 15.5. The number of nitrogens with zero attached hydrogens (tertiary/aromatic N) is 1. The van der Waals surface area contributed by atoms with Crippen molar-refractivity contribution in [2.45, 2.75) is 53.0 Å². The Labute approximate surface area is 128 Å². The summed E-state index contributed by atoms with van der Waals surface area (Å²) in [4.78, 5) is 14.5. The maximum absolute atomic E-state index is 12.0. The number of nitrogens with one attached hydrogen (secondary N) is 1. The van der Waals surface area contributed by atoms with Gasteiger partial charge in [0.2, 0.25) is 5.91 Å². The second kappa shape index (κ2) is 6.50. The summed E-state index contributed by atoms with van der Waals surface area (Å²) in [6.07, 6.45) is 3.93. The molecule has 1 atom stereocenters. The van der Waals surface area contributed by atoms with Gasteiger partial charge in [-0.15, -0.1) is 0 Å². The minimum absolute atomic E-state index is 0.0483. The van der Waals surface area contributed by atoms with E-state index in [1.54, 1.807) is 0 Å². The van der Waals surface area contributed by atoms with Crippen LogP contribution in [0.15, 0.2) is 24.3 Å². The first kappa shape index (κ1) is 15.9. The number of amides is 1. The van der Waals surface area contributed by atoms with Crippen LogP contribution in [0.3, 0.4) is 0 Å². The van der Waals surface area contributed by atoms with Crippen molar-refractivity contribution in [2.24, 2.45) is 5.41 Å². The number of hydrogen-bond acceptors (Lipinski definition) is 2. The van der Waals surface area contributed by atoms with Gasteiger partial charge < -0.3 is 10.2 Å². The molecule has 0 unspecified atom stereocenters. The van der Waals surface area contributed by atoms with E-state index in [9.17, 15) is 4.79 Å². The first-order valence-electron chi connectivity index (χ1n) is 8.04. The van der Waals surface area contributed by atoms with Gasteiger partial charge in [-0.25, -0.2) is 0 Å². The van der Waals surface area contributed by atoms with Crippen LogP contribution in [0.2, 0.25) is 0 Å². The average molecular weight is 288 g/mol. The SMILES string of the molecule is C[C@@H](NC(=O)C(C)(C)C)c1ccc(N2CCCCC2)cc1. The molecule has 1 amide bonds. The molecule has 0 aliphatic carbocycles. The maximum atomic E-state index is 12.0. The van der Waals surface area contributed by atoms with Crippen molar-refractivity contribution in [1.29, 1.82) is 0 Å². The Hall–Kier alpha value is -1.51. The number of anilines is 1. The lowest BCUT2D eigenvalue weighted by Gasteiger charge is -2.29. The Bertz CT molecular complexity index is 467. The smallest absolute Gasteiger partial charge is 0.225 e. The summed E-state index contributed by atoms with van der Waals surface area (Å²) in [6.45, 7) is 10.2. The van der Waals surface area contributed by atoms with Crippen LogP contribution in [0, 0.1) is 5.41 Å². The molecule has 2 rings (SSSR count). The molecule has 116 valence electrons. The van der Waals surface area contributed by atoms with Gasteiger partial charge in [0.1, 0.15) is 0 Å². The van der Waals surface area contributed by atoms with Crippen molar-refractivity contribution in [3.63, 3.8) is 0 Å². The van der Waals surface area contributed by atoms with Gasteiger partial charge in [-0.3, -0.25) is 4.79 Å². The number of hydrogen-bond donors (Lipinski definition) is 1. The summed E-state index contributed by atoms with van der Waals surface area (Å²) < 4.78 is 0. The van der Waals surface area contributed by atoms with E-state index in [2.05, 4.69) is 34.5 Å². The molecule has 0 radical (unpaired) electrons. The van der Waals surface area contributed by atoms with Crippen molar-refractivity contribution in [3.8, 4) is 0 Å². The van der Waals surface area contributed by atoms with Crippen LogP contribution in [0.1, 0.15) is 58.6 Å². The van der Waals surface area contributed by atoms with E-state index in [1.165, 1.54) is 24.9 Å². The molecule has 1 saturated heterocycles. The van der Waals surface area contributed by atoms with Crippen LogP contribution in [-0.4, -0.2) is 19.0 Å². The Kier molecular flexibility index (Phi) is 4.92. The van der Waals surface area contributed by atoms with Crippen LogP contribution in [0.25, 0.3) is 0 Å². The third-order valence-corrected chi connectivity index (χ3v) is 4.14. The van der Waals surface area contributed by atoms with E-state index >= 15 is 0 Å². The van der Waals surface area contributed by atoms with Gasteiger partial charge in [0, 0.05) is 24.2 Å². The van der Waals surface area contributed by atoms with Crippen LogP contribution in [-0.2, 0) is 4.79 Å². The van der Waals surface area contributed by atoms with E-state index < -0.39 is 0 Å². The Morgan fingerprint density at radius 2 is 1.67 bits per heavy atom. The van der Waals surface area contributed by atoms with Crippen molar-refractivity contribution in [1.82, 2.24) is 5.32 Å². The minimum Gasteiger partial charge on any atom is -0.372 e. The fourth-order valence-electron chi connectivity index (χ4n) is 2.62. The fraction of sp³-hybridized carbons (Fsp3) is 0.611. The summed E-state index contributed by atoms with van der Waals surface area (Å²) in [7, 11) is 0. The summed E-state index contributed by atoms with van der Waals surface area (Å²) >= 11 is 0. The number of carbonyl (C=O) groups excluding carboxylic acids is 1. The third kappa shape index (κ3) is 4.23. The molecule has 0 spiro atoms. The molecule has 21 heavy (non-hydrogen) atoms. The van der Waals surface area contributed by atoms with Crippen LogP contribution in [0.5, 0.6) is 0 Å². The largest absolute Gasteiger partial charge is 0.372 e. The zero-order valence-electron chi connectivity index (χ0n) is 13.8. The van der Waals surface area contributed by atoms with Crippen molar-refractivity contribution < 1.29 is 4.79 Å². The normalized spacial score (nSPS) is 17.4. The summed E-state index contributed by atoms with van der Waals surface area (Å²) in [5.41, 5.74) is 2.11. The van der Waals surface area contributed by atoms with E-state index in [1.807, 2.05) is 27.7 Å². The number of benzene rings is 1. The lowest BCUT2D eigenvalue weighted by molar-refractivity contribution is -0.129. The molecule has 1 fully saturated rings. The van der Waals surface area contributed by atoms with Gasteiger partial charge in [0.25, 0.3) is 0 Å². The summed E-state index contributed by atoms with van der Waals surface area (Å²) in [5.74, 6) is 0.0927. The Balaban J connectivity index is 1.99. The standard InChI is InChI=1S/C18H28N2O/c1-14(19-17(21)18(2,3)4)15-8-10-16(11-9-15)20-12-6-5-7-13-20/h8-11,14H,5-7,12-13H2,1-4H3,(H,19,21)/t14-/m1/s1. The molecule has 1 heterocycles. The predicted octanol–water partition coefficient (Wildman–Crippen LogP) is 3.90. The Morgan fingerprint density at radius 1 is 1.10 bits per heavy atom. The number of piperidine rings is 1. The van der Waals surface area contributed by atoms with Crippen molar-refractivity contribution in [3.05, 3.63) is 29.8 Å². The molecule has 1 aliphatic rings. The Morgan fingerprint density at radius 3 is 2.19 bits per heavy atom. The second-order valence-corrected chi connectivity index (χ2v) is 7.08. The van der Waals surface area contributed by atoms with Gasteiger partial charge in [-0.2, -0.15) is 0 Å². The molecular formula is C18H28N2O. The third-order valence-electron chi connectivity index (χ3n) is 4.14. The highest BCUT2D eigenvalue weighted by Gasteiger charge is 2.23. The molecule has 3 nitrogen and oxygen atoms in total. The van der Waals surface area contributed by atoms with Crippen LogP contribution < -0.4 is 10.2 Å². The molecule has 1 aromatic rings. The van der Waals surface area contributed by atoms with Gasteiger partial charge in [-0.1, -0.05) is 32.9 Å². The topological polar surface area (TPSA) is 32.3 Å². The highest BCUT2D eigenvalue weighted by Crippen LogP contribution is 2.23. The van der Waals surface area contributed by atoms with Crippen molar-refractivity contribution >= 4 is 11.6 Å². The van der Waals surface area contributed by atoms with E-state index in [-0.39, 0.29) is 17.4 Å². The highest BCUT2D eigenvalue weighted by atomic mass is 16.2. The second-order valence-electron chi connectivity index (χ2n) is 7.08. The number of rotatable bonds is 3. The van der Waals surface area contributed by atoms with Crippen LogP contribution in [0.4, 0.5) is 5.69 Å². The molecule has 0 saturated carbocycles. The lowest BCUT2D eigenvalue weighted by Crippen LogP contribution is -2.36. The lowest BCUT2D eigenvalue weighted by atomic mass is 9.94.